The number of carbonyl (C=O) groups is 2. The maximum absolute atomic E-state index is 12.2. The average molecular weight is 255 g/mol. The molecule has 3 atom stereocenters. The van der Waals surface area contributed by atoms with E-state index in [9.17, 15) is 9.59 Å². The number of allylic oxidation sites excluding steroid dienone is 4. The number of nitrogens with zero attached hydrogens (tertiary/aromatic N) is 2. The number of nitriles is 2. The van der Waals surface area contributed by atoms with Gasteiger partial charge in [0.1, 0.15) is 6.07 Å². The van der Waals surface area contributed by atoms with E-state index in [-0.39, 0.29) is 29.1 Å². The summed E-state index contributed by atoms with van der Waals surface area (Å²) in [7, 11) is 0. The highest BCUT2D eigenvalue weighted by atomic mass is 16.1. The van der Waals surface area contributed by atoms with E-state index in [1.807, 2.05) is 6.07 Å². The van der Waals surface area contributed by atoms with E-state index in [0.29, 0.717) is 18.5 Å². The van der Waals surface area contributed by atoms with E-state index in [4.69, 9.17) is 10.5 Å². The van der Waals surface area contributed by atoms with Crippen LogP contribution in [0.25, 0.3) is 0 Å². The third-order valence-electron chi connectivity index (χ3n) is 3.47. The molecule has 0 aromatic rings. The minimum absolute atomic E-state index is 0.0852. The molecule has 0 aliphatic heterocycles. The molecule has 0 heterocycles. The summed E-state index contributed by atoms with van der Waals surface area (Å²) in [6.07, 6.45) is 3.99. The fourth-order valence-corrected chi connectivity index (χ4v) is 2.29. The van der Waals surface area contributed by atoms with Crippen LogP contribution < -0.4 is 5.32 Å². The smallest absolute Gasteiger partial charge is 0.223 e. The van der Waals surface area contributed by atoms with Gasteiger partial charge in [0.2, 0.25) is 5.91 Å². The Bertz CT molecular complexity index is 574. The Morgan fingerprint density at radius 1 is 1.47 bits per heavy atom. The van der Waals surface area contributed by atoms with Gasteiger partial charge in [0.25, 0.3) is 0 Å². The minimum atomic E-state index is -0.556. The van der Waals surface area contributed by atoms with Crippen LogP contribution in [0.3, 0.4) is 0 Å². The van der Waals surface area contributed by atoms with Crippen molar-refractivity contribution >= 4 is 11.7 Å². The number of rotatable bonds is 3. The molecular formula is C14H13N3O2. The van der Waals surface area contributed by atoms with E-state index in [0.717, 1.165) is 0 Å². The lowest BCUT2D eigenvalue weighted by Gasteiger charge is -2.22. The van der Waals surface area contributed by atoms with Gasteiger partial charge in [-0.15, -0.1) is 0 Å². The number of hydrogen-bond acceptors (Lipinski definition) is 4. The maximum Gasteiger partial charge on any atom is 0.223 e. The van der Waals surface area contributed by atoms with Gasteiger partial charge < -0.3 is 5.32 Å². The summed E-state index contributed by atoms with van der Waals surface area (Å²) in [5, 5.41) is 20.5. The van der Waals surface area contributed by atoms with Gasteiger partial charge in [-0.1, -0.05) is 6.92 Å². The lowest BCUT2D eigenvalue weighted by Crippen LogP contribution is -2.34. The lowest BCUT2D eigenvalue weighted by molar-refractivity contribution is -0.121. The van der Waals surface area contributed by atoms with Crippen LogP contribution in [0.2, 0.25) is 0 Å². The Hall–Kier alpha value is -2.40. The van der Waals surface area contributed by atoms with Gasteiger partial charge in [-0.05, 0) is 24.5 Å². The van der Waals surface area contributed by atoms with Crippen molar-refractivity contribution in [2.75, 3.05) is 0 Å². The number of amides is 1. The fourth-order valence-electron chi connectivity index (χ4n) is 2.29. The molecule has 1 saturated carbocycles. The zero-order valence-electron chi connectivity index (χ0n) is 10.5. The highest BCUT2D eigenvalue weighted by Gasteiger charge is 2.49. The third-order valence-corrected chi connectivity index (χ3v) is 3.47. The molecule has 0 aromatic heterocycles. The molecular weight excluding hydrogens is 242 g/mol. The summed E-state index contributed by atoms with van der Waals surface area (Å²) in [6.45, 7) is 1.72. The molecule has 0 aromatic carbocycles. The van der Waals surface area contributed by atoms with Crippen molar-refractivity contribution in [1.82, 2.24) is 5.32 Å². The molecule has 19 heavy (non-hydrogen) atoms. The molecule has 0 radical (unpaired) electrons. The van der Waals surface area contributed by atoms with E-state index in [1.165, 1.54) is 6.08 Å². The molecule has 96 valence electrons. The van der Waals surface area contributed by atoms with Crippen LogP contribution in [0.15, 0.2) is 23.4 Å². The lowest BCUT2D eigenvalue weighted by atomic mass is 9.85. The van der Waals surface area contributed by atoms with E-state index < -0.39 is 5.92 Å². The maximum atomic E-state index is 12.2. The monoisotopic (exact) mass is 255 g/mol. The Kier molecular flexibility index (Phi) is 3.48. The summed E-state index contributed by atoms with van der Waals surface area (Å²) >= 11 is 0. The largest absolute Gasteiger partial charge is 0.329 e. The average Bonchev–Trinajstić information content (AvgIpc) is 3.18. The van der Waals surface area contributed by atoms with Gasteiger partial charge in [-0.3, -0.25) is 9.59 Å². The zero-order chi connectivity index (χ0) is 14.0. The summed E-state index contributed by atoms with van der Waals surface area (Å²) < 4.78 is 0. The first-order valence-electron chi connectivity index (χ1n) is 6.18. The Balaban J connectivity index is 2.27. The van der Waals surface area contributed by atoms with Crippen LogP contribution in [-0.2, 0) is 9.59 Å². The molecule has 1 N–H and O–H groups in total. The van der Waals surface area contributed by atoms with Crippen LogP contribution in [-0.4, -0.2) is 11.7 Å². The quantitative estimate of drug-likeness (QED) is 0.820. The van der Waals surface area contributed by atoms with Gasteiger partial charge in [-0.25, -0.2) is 0 Å². The second kappa shape index (κ2) is 5.07. The molecule has 1 amide bonds. The van der Waals surface area contributed by atoms with Gasteiger partial charge in [0.15, 0.2) is 5.78 Å². The first-order valence-corrected chi connectivity index (χ1v) is 6.18. The molecule has 3 unspecified atom stereocenters. The topological polar surface area (TPSA) is 93.8 Å². The summed E-state index contributed by atoms with van der Waals surface area (Å²) in [4.78, 5) is 23.7. The number of ketones is 1. The third kappa shape index (κ3) is 2.41. The molecule has 2 rings (SSSR count). The summed E-state index contributed by atoms with van der Waals surface area (Å²) in [6, 6.07) is 3.99. The molecule has 2 aliphatic carbocycles. The highest BCUT2D eigenvalue weighted by Crippen LogP contribution is 2.47. The van der Waals surface area contributed by atoms with Gasteiger partial charge in [-0.2, -0.15) is 10.5 Å². The van der Waals surface area contributed by atoms with Crippen molar-refractivity contribution in [3.05, 3.63) is 23.4 Å². The van der Waals surface area contributed by atoms with Crippen LogP contribution >= 0.6 is 0 Å². The fraction of sp³-hybridized carbons (Fsp3) is 0.429. The summed E-state index contributed by atoms with van der Waals surface area (Å²) in [5.74, 6) is -1.27. The highest BCUT2D eigenvalue weighted by molar-refractivity contribution is 6.04. The van der Waals surface area contributed by atoms with E-state index in [2.05, 4.69) is 11.4 Å². The minimum Gasteiger partial charge on any atom is -0.329 e. The van der Waals surface area contributed by atoms with Crippen molar-refractivity contribution in [3.8, 4) is 12.1 Å². The molecule has 0 saturated heterocycles. The molecule has 5 heteroatoms. The van der Waals surface area contributed by atoms with Crippen molar-refractivity contribution in [1.29, 1.82) is 10.5 Å². The molecule has 5 nitrogen and oxygen atoms in total. The SMILES string of the molecule is CCC(=O)NC1=CC=C(C#N)C(=O)C1C1CC1C#N. The van der Waals surface area contributed by atoms with Crippen LogP contribution in [0.1, 0.15) is 19.8 Å². The predicted molar refractivity (Wildman–Crippen MR) is 65.9 cm³/mol. The van der Waals surface area contributed by atoms with E-state index >= 15 is 0 Å². The van der Waals surface area contributed by atoms with Crippen molar-refractivity contribution in [2.24, 2.45) is 17.8 Å². The number of hydrogen-bond donors (Lipinski definition) is 1. The Morgan fingerprint density at radius 3 is 2.74 bits per heavy atom. The van der Waals surface area contributed by atoms with Crippen molar-refractivity contribution < 1.29 is 9.59 Å². The van der Waals surface area contributed by atoms with Gasteiger partial charge in [0.05, 0.1) is 23.5 Å². The van der Waals surface area contributed by atoms with Crippen molar-refractivity contribution in [3.63, 3.8) is 0 Å². The standard InChI is InChI=1S/C14H13N3O2/c1-2-12(18)17-11-4-3-8(6-15)14(19)13(11)10-5-9(10)7-16/h3-4,9-10,13H,2,5H2,1H3,(H,17,18). The number of nitrogens with one attached hydrogen (secondary N) is 1. The van der Waals surface area contributed by atoms with Gasteiger partial charge in [0, 0.05) is 12.1 Å². The van der Waals surface area contributed by atoms with Gasteiger partial charge >= 0.3 is 0 Å². The molecule has 0 bridgehead atoms. The predicted octanol–water partition coefficient (Wildman–Crippen LogP) is 1.21. The van der Waals surface area contributed by atoms with Crippen LogP contribution in [0.5, 0.6) is 0 Å². The number of Topliss-reactive ketones (excluding diaryl/α,β-unsaturated/α-hetero) is 1. The molecule has 2 aliphatic rings. The van der Waals surface area contributed by atoms with Crippen molar-refractivity contribution in [2.45, 2.75) is 19.8 Å². The zero-order valence-corrected chi connectivity index (χ0v) is 10.5. The molecule has 0 spiro atoms. The Morgan fingerprint density at radius 2 is 2.21 bits per heavy atom. The second-order valence-corrected chi connectivity index (χ2v) is 4.69. The Labute approximate surface area is 111 Å². The summed E-state index contributed by atoms with van der Waals surface area (Å²) in [5.41, 5.74) is 0.599. The second-order valence-electron chi connectivity index (χ2n) is 4.69. The van der Waals surface area contributed by atoms with Crippen LogP contribution in [0, 0.1) is 40.4 Å². The number of carbonyl (C=O) groups excluding carboxylic acids is 2. The first kappa shape index (κ1) is 13.0. The van der Waals surface area contributed by atoms with Crippen LogP contribution in [0.4, 0.5) is 0 Å². The normalized spacial score (nSPS) is 28.6. The first-order chi connectivity index (χ1) is 9.12. The molecule has 1 fully saturated rings. The van der Waals surface area contributed by atoms with E-state index in [1.54, 1.807) is 13.0 Å².